The van der Waals surface area contributed by atoms with E-state index in [1.54, 1.807) is 0 Å². The highest BCUT2D eigenvalue weighted by Gasteiger charge is 2.29. The Bertz CT molecular complexity index is 700. The zero-order chi connectivity index (χ0) is 16.5. The van der Waals surface area contributed by atoms with Crippen molar-refractivity contribution in [1.29, 1.82) is 0 Å². The number of carbonyl (C=O) groups is 1. The second kappa shape index (κ2) is 6.60. The number of aromatic amines is 1. The van der Waals surface area contributed by atoms with Gasteiger partial charge in [0, 0.05) is 25.2 Å². The van der Waals surface area contributed by atoms with Crippen LogP contribution in [0.15, 0.2) is 6.33 Å². The molecule has 0 radical (unpaired) electrons. The maximum absolute atomic E-state index is 12.6. The quantitative estimate of drug-likeness (QED) is 0.884. The molecule has 2 aromatic heterocycles. The zero-order valence-corrected chi connectivity index (χ0v) is 14.6. The molecule has 1 saturated carbocycles. The van der Waals surface area contributed by atoms with Crippen molar-refractivity contribution in [3.8, 4) is 10.8 Å². The standard InChI is InChI=1S/C16H22N6OS/c1-10-13(24-16(19-10)14-17-9-18-21-14)15(23)20-11-5-7-22(8-6-11)12-3-2-4-12/h9,11-12H,2-8H2,1H3,(H,20,23)(H,17,18,21). The summed E-state index contributed by atoms with van der Waals surface area (Å²) in [6, 6.07) is 1.07. The van der Waals surface area contributed by atoms with Crippen molar-refractivity contribution in [1.82, 2.24) is 30.4 Å². The van der Waals surface area contributed by atoms with Crippen molar-refractivity contribution in [3.63, 3.8) is 0 Å². The van der Waals surface area contributed by atoms with Gasteiger partial charge in [-0.15, -0.1) is 11.3 Å². The number of thiazole rings is 1. The van der Waals surface area contributed by atoms with Crippen molar-refractivity contribution < 1.29 is 4.79 Å². The van der Waals surface area contributed by atoms with Crippen LogP contribution in [0.3, 0.4) is 0 Å². The molecular weight excluding hydrogens is 324 g/mol. The first-order valence-corrected chi connectivity index (χ1v) is 9.40. The SMILES string of the molecule is Cc1nc(-c2ncn[nH]2)sc1C(=O)NC1CCN(C2CCC2)CC1. The van der Waals surface area contributed by atoms with Gasteiger partial charge >= 0.3 is 0 Å². The van der Waals surface area contributed by atoms with E-state index in [1.165, 1.54) is 36.9 Å². The van der Waals surface area contributed by atoms with Crippen LogP contribution in [0.1, 0.15) is 47.5 Å². The predicted octanol–water partition coefficient (Wildman–Crippen LogP) is 1.98. The van der Waals surface area contributed by atoms with Gasteiger partial charge in [0.15, 0.2) is 10.8 Å². The fourth-order valence-electron chi connectivity index (χ4n) is 3.43. The Hall–Kier alpha value is -1.80. The van der Waals surface area contributed by atoms with Crippen LogP contribution in [0.25, 0.3) is 10.8 Å². The molecule has 0 bridgehead atoms. The Balaban J connectivity index is 1.36. The van der Waals surface area contributed by atoms with E-state index in [2.05, 4.69) is 30.4 Å². The molecule has 2 aliphatic rings. The Morgan fingerprint density at radius 3 is 2.75 bits per heavy atom. The van der Waals surface area contributed by atoms with Gasteiger partial charge in [0.25, 0.3) is 5.91 Å². The normalized spacial score (nSPS) is 20.0. The molecule has 2 aromatic rings. The minimum absolute atomic E-state index is 0.0159. The molecule has 128 valence electrons. The number of piperidine rings is 1. The number of aromatic nitrogens is 4. The van der Waals surface area contributed by atoms with Crippen LogP contribution in [0.5, 0.6) is 0 Å². The summed E-state index contributed by atoms with van der Waals surface area (Å²) in [5.74, 6) is 0.591. The molecule has 7 nitrogen and oxygen atoms in total. The van der Waals surface area contributed by atoms with Crippen LogP contribution < -0.4 is 5.32 Å². The molecule has 1 saturated heterocycles. The van der Waals surface area contributed by atoms with Gasteiger partial charge in [-0.2, -0.15) is 5.10 Å². The van der Waals surface area contributed by atoms with E-state index in [-0.39, 0.29) is 11.9 Å². The smallest absolute Gasteiger partial charge is 0.263 e. The Kier molecular flexibility index (Phi) is 4.32. The molecule has 8 heteroatoms. The molecule has 24 heavy (non-hydrogen) atoms. The highest BCUT2D eigenvalue weighted by atomic mass is 32.1. The van der Waals surface area contributed by atoms with Crippen molar-refractivity contribution in [2.24, 2.45) is 0 Å². The van der Waals surface area contributed by atoms with Crippen LogP contribution >= 0.6 is 11.3 Å². The first-order chi connectivity index (χ1) is 11.7. The van der Waals surface area contributed by atoms with Crippen LogP contribution in [0, 0.1) is 6.92 Å². The lowest BCUT2D eigenvalue weighted by molar-refractivity contribution is 0.0802. The van der Waals surface area contributed by atoms with Gasteiger partial charge in [-0.1, -0.05) is 6.42 Å². The molecule has 1 amide bonds. The van der Waals surface area contributed by atoms with E-state index in [0.29, 0.717) is 15.7 Å². The van der Waals surface area contributed by atoms with Gasteiger partial charge in [-0.05, 0) is 32.6 Å². The number of rotatable bonds is 4. The number of aryl methyl sites for hydroxylation is 1. The van der Waals surface area contributed by atoms with Crippen molar-refractivity contribution in [3.05, 3.63) is 16.9 Å². The summed E-state index contributed by atoms with van der Waals surface area (Å²) in [6.45, 7) is 4.06. The fraction of sp³-hybridized carbons (Fsp3) is 0.625. The molecule has 2 fully saturated rings. The molecule has 3 heterocycles. The minimum Gasteiger partial charge on any atom is -0.348 e. The first-order valence-electron chi connectivity index (χ1n) is 8.59. The lowest BCUT2D eigenvalue weighted by Crippen LogP contribution is -2.49. The monoisotopic (exact) mass is 346 g/mol. The summed E-state index contributed by atoms with van der Waals surface area (Å²) < 4.78 is 0. The van der Waals surface area contributed by atoms with Crippen LogP contribution in [0.2, 0.25) is 0 Å². The summed E-state index contributed by atoms with van der Waals surface area (Å²) in [7, 11) is 0. The largest absolute Gasteiger partial charge is 0.348 e. The minimum atomic E-state index is -0.0159. The van der Waals surface area contributed by atoms with Crippen LogP contribution in [0.4, 0.5) is 0 Å². The molecule has 0 spiro atoms. The summed E-state index contributed by atoms with van der Waals surface area (Å²) >= 11 is 1.36. The average molecular weight is 346 g/mol. The maximum atomic E-state index is 12.6. The average Bonchev–Trinajstić information content (AvgIpc) is 3.16. The third-order valence-electron chi connectivity index (χ3n) is 5.08. The van der Waals surface area contributed by atoms with Gasteiger partial charge in [-0.3, -0.25) is 9.89 Å². The molecule has 1 aliphatic heterocycles. The van der Waals surface area contributed by atoms with E-state index in [1.807, 2.05) is 6.92 Å². The Morgan fingerprint density at radius 2 is 2.12 bits per heavy atom. The highest BCUT2D eigenvalue weighted by Crippen LogP contribution is 2.28. The number of carbonyl (C=O) groups excluding carboxylic acids is 1. The van der Waals surface area contributed by atoms with Crippen molar-refractivity contribution >= 4 is 17.2 Å². The van der Waals surface area contributed by atoms with Gasteiger partial charge in [0.2, 0.25) is 0 Å². The highest BCUT2D eigenvalue weighted by molar-refractivity contribution is 7.17. The van der Waals surface area contributed by atoms with E-state index >= 15 is 0 Å². The molecule has 0 unspecified atom stereocenters. The zero-order valence-electron chi connectivity index (χ0n) is 13.8. The Morgan fingerprint density at radius 1 is 1.33 bits per heavy atom. The number of nitrogens with one attached hydrogen (secondary N) is 2. The second-order valence-electron chi connectivity index (χ2n) is 6.64. The van der Waals surface area contributed by atoms with Crippen LogP contribution in [-0.2, 0) is 0 Å². The topological polar surface area (TPSA) is 86.8 Å². The number of hydrogen-bond donors (Lipinski definition) is 2. The maximum Gasteiger partial charge on any atom is 0.263 e. The molecular formula is C16H22N6OS. The van der Waals surface area contributed by atoms with Gasteiger partial charge < -0.3 is 10.2 Å². The summed E-state index contributed by atoms with van der Waals surface area (Å²) in [6.07, 6.45) is 7.59. The number of hydrogen-bond acceptors (Lipinski definition) is 6. The number of amides is 1. The van der Waals surface area contributed by atoms with E-state index in [4.69, 9.17) is 0 Å². The van der Waals surface area contributed by atoms with E-state index in [9.17, 15) is 4.79 Å². The van der Waals surface area contributed by atoms with E-state index in [0.717, 1.165) is 37.7 Å². The summed E-state index contributed by atoms with van der Waals surface area (Å²) in [4.78, 5) is 24.4. The lowest BCUT2D eigenvalue weighted by atomic mass is 9.89. The lowest BCUT2D eigenvalue weighted by Gasteiger charge is -2.41. The van der Waals surface area contributed by atoms with Gasteiger partial charge in [-0.25, -0.2) is 9.97 Å². The molecule has 2 N–H and O–H groups in total. The second-order valence-corrected chi connectivity index (χ2v) is 7.64. The van der Waals surface area contributed by atoms with Gasteiger partial charge in [0.05, 0.1) is 5.69 Å². The molecule has 1 aliphatic carbocycles. The molecule has 0 aromatic carbocycles. The Labute approximate surface area is 144 Å². The van der Waals surface area contributed by atoms with Crippen molar-refractivity contribution in [2.75, 3.05) is 13.1 Å². The summed E-state index contributed by atoms with van der Waals surface area (Å²) in [5, 5.41) is 10.5. The van der Waals surface area contributed by atoms with Crippen LogP contribution in [-0.4, -0.2) is 56.1 Å². The number of likely N-dealkylation sites (tertiary alicyclic amines) is 1. The van der Waals surface area contributed by atoms with Crippen molar-refractivity contribution in [2.45, 2.75) is 51.1 Å². The van der Waals surface area contributed by atoms with E-state index < -0.39 is 0 Å². The molecule has 4 rings (SSSR count). The van der Waals surface area contributed by atoms with Gasteiger partial charge in [0.1, 0.15) is 11.2 Å². The number of H-pyrrole nitrogens is 1. The molecule has 0 atom stereocenters. The predicted molar refractivity (Wildman–Crippen MR) is 91.9 cm³/mol. The summed E-state index contributed by atoms with van der Waals surface area (Å²) in [5.41, 5.74) is 0.746. The first kappa shape index (κ1) is 15.7. The third-order valence-corrected chi connectivity index (χ3v) is 6.24. The fourth-order valence-corrected chi connectivity index (χ4v) is 4.34. The third kappa shape index (κ3) is 3.08. The number of nitrogens with zero attached hydrogens (tertiary/aromatic N) is 4.